The Labute approximate surface area is 120 Å². The lowest BCUT2D eigenvalue weighted by Crippen LogP contribution is -2.28. The van der Waals surface area contributed by atoms with Gasteiger partial charge >= 0.3 is 0 Å². The number of ether oxygens (including phenoxy) is 1. The Morgan fingerprint density at radius 2 is 1.76 bits per heavy atom. The van der Waals surface area contributed by atoms with Gasteiger partial charge in [-0.3, -0.25) is 9.59 Å². The van der Waals surface area contributed by atoms with Gasteiger partial charge in [-0.15, -0.1) is 5.10 Å². The third-order valence-corrected chi connectivity index (χ3v) is 4.08. The first-order chi connectivity index (χ1) is 10.3. The highest BCUT2D eigenvalue weighted by Crippen LogP contribution is 2.34. The molecular formula is C15H13N3O3. The first-order valence-electron chi connectivity index (χ1n) is 6.98. The van der Waals surface area contributed by atoms with Gasteiger partial charge in [-0.1, -0.05) is 29.5 Å². The van der Waals surface area contributed by atoms with E-state index in [4.69, 9.17) is 4.74 Å². The maximum absolute atomic E-state index is 12.4. The summed E-state index contributed by atoms with van der Waals surface area (Å²) in [4.78, 5) is 24.7. The van der Waals surface area contributed by atoms with E-state index in [1.165, 1.54) is 0 Å². The fraction of sp³-hybridized carbons (Fsp3) is 0.333. The van der Waals surface area contributed by atoms with E-state index in [1.54, 1.807) is 16.8 Å². The van der Waals surface area contributed by atoms with Gasteiger partial charge in [-0.2, -0.15) is 0 Å². The Kier molecular flexibility index (Phi) is 2.71. The summed E-state index contributed by atoms with van der Waals surface area (Å²) in [6.07, 6.45) is 1.55. The molecule has 1 aromatic heterocycles. The van der Waals surface area contributed by atoms with Gasteiger partial charge in [-0.05, 0) is 12.8 Å². The van der Waals surface area contributed by atoms with Gasteiger partial charge in [0.1, 0.15) is 11.4 Å². The highest BCUT2D eigenvalue weighted by atomic mass is 16.5. The lowest BCUT2D eigenvalue weighted by Gasteiger charge is -2.24. The summed E-state index contributed by atoms with van der Waals surface area (Å²) in [7, 11) is 0. The monoisotopic (exact) mass is 283 g/mol. The van der Waals surface area contributed by atoms with Gasteiger partial charge in [0.2, 0.25) is 5.78 Å². The number of benzene rings is 1. The minimum atomic E-state index is -0.514. The van der Waals surface area contributed by atoms with Gasteiger partial charge in [0, 0.05) is 24.3 Å². The average molecular weight is 283 g/mol. The number of fused-ring (bicyclic) bond motifs is 3. The van der Waals surface area contributed by atoms with Crippen molar-refractivity contribution >= 4 is 11.6 Å². The third kappa shape index (κ3) is 1.76. The molecule has 1 aromatic carbocycles. The zero-order chi connectivity index (χ0) is 14.4. The first kappa shape index (κ1) is 12.4. The van der Waals surface area contributed by atoms with Crippen molar-refractivity contribution in [1.82, 2.24) is 15.0 Å². The minimum absolute atomic E-state index is 0.0667. The zero-order valence-corrected chi connectivity index (χ0v) is 11.3. The number of carbonyl (C=O) groups excluding carboxylic acids is 2. The topological polar surface area (TPSA) is 74.1 Å². The molecule has 106 valence electrons. The number of nitrogens with zero attached hydrogens (tertiary/aromatic N) is 3. The van der Waals surface area contributed by atoms with Gasteiger partial charge < -0.3 is 4.74 Å². The molecule has 1 fully saturated rings. The van der Waals surface area contributed by atoms with Crippen molar-refractivity contribution in [3.8, 4) is 11.3 Å². The quantitative estimate of drug-likeness (QED) is 0.744. The molecule has 0 unspecified atom stereocenters. The van der Waals surface area contributed by atoms with Crippen LogP contribution in [0.25, 0.3) is 11.3 Å². The number of Topliss-reactive ketones (excluding diaryl/α,β-unsaturated/α-hetero) is 2. The molecule has 0 N–H and O–H groups in total. The average Bonchev–Trinajstić information content (AvgIpc) is 2.99. The summed E-state index contributed by atoms with van der Waals surface area (Å²) < 4.78 is 6.95. The SMILES string of the molecule is O=C1C(=O)c2c(nnn2C2CCOCC2)-c2ccccc21. The Bertz CT molecular complexity index is 744. The van der Waals surface area contributed by atoms with Crippen molar-refractivity contribution in [2.75, 3.05) is 13.2 Å². The lowest BCUT2D eigenvalue weighted by atomic mass is 9.90. The van der Waals surface area contributed by atoms with E-state index in [1.807, 2.05) is 12.1 Å². The number of aromatic nitrogens is 3. The molecule has 4 rings (SSSR count). The summed E-state index contributed by atoms with van der Waals surface area (Å²) >= 11 is 0. The van der Waals surface area contributed by atoms with E-state index in [0.717, 1.165) is 12.8 Å². The molecule has 0 atom stereocenters. The Morgan fingerprint density at radius 3 is 2.52 bits per heavy atom. The number of ketones is 2. The van der Waals surface area contributed by atoms with E-state index in [9.17, 15) is 9.59 Å². The van der Waals surface area contributed by atoms with Gasteiger partial charge in [0.15, 0.2) is 0 Å². The van der Waals surface area contributed by atoms with E-state index in [-0.39, 0.29) is 6.04 Å². The van der Waals surface area contributed by atoms with E-state index in [0.29, 0.717) is 35.7 Å². The van der Waals surface area contributed by atoms with E-state index >= 15 is 0 Å². The highest BCUT2D eigenvalue weighted by molar-refractivity contribution is 6.52. The molecule has 0 saturated carbocycles. The highest BCUT2D eigenvalue weighted by Gasteiger charge is 2.36. The van der Waals surface area contributed by atoms with Gasteiger partial charge in [0.25, 0.3) is 5.78 Å². The van der Waals surface area contributed by atoms with Crippen LogP contribution in [-0.4, -0.2) is 39.8 Å². The Morgan fingerprint density at radius 1 is 1.05 bits per heavy atom. The first-order valence-corrected chi connectivity index (χ1v) is 6.98. The van der Waals surface area contributed by atoms with Crippen LogP contribution >= 0.6 is 0 Å². The van der Waals surface area contributed by atoms with Crippen molar-refractivity contribution in [2.24, 2.45) is 0 Å². The Balaban J connectivity index is 1.89. The summed E-state index contributed by atoms with van der Waals surface area (Å²) in [5, 5.41) is 8.30. The molecule has 1 aliphatic carbocycles. The van der Waals surface area contributed by atoms with Crippen LogP contribution in [0.2, 0.25) is 0 Å². The smallest absolute Gasteiger partial charge is 0.253 e. The second-order valence-electron chi connectivity index (χ2n) is 5.28. The normalized spacial score (nSPS) is 18.5. The molecule has 2 heterocycles. The molecule has 0 spiro atoms. The predicted molar refractivity (Wildman–Crippen MR) is 73.2 cm³/mol. The minimum Gasteiger partial charge on any atom is -0.381 e. The van der Waals surface area contributed by atoms with Crippen molar-refractivity contribution in [2.45, 2.75) is 18.9 Å². The summed E-state index contributed by atoms with van der Waals surface area (Å²) in [5.74, 6) is -0.992. The molecular weight excluding hydrogens is 270 g/mol. The number of carbonyl (C=O) groups is 2. The fourth-order valence-corrected chi connectivity index (χ4v) is 2.99. The maximum Gasteiger partial charge on any atom is 0.253 e. The molecule has 2 aromatic rings. The molecule has 21 heavy (non-hydrogen) atoms. The molecule has 1 saturated heterocycles. The zero-order valence-electron chi connectivity index (χ0n) is 11.3. The van der Waals surface area contributed by atoms with Crippen LogP contribution in [0.3, 0.4) is 0 Å². The number of hydrogen-bond donors (Lipinski definition) is 0. The maximum atomic E-state index is 12.4. The van der Waals surface area contributed by atoms with Crippen LogP contribution in [0, 0.1) is 0 Å². The van der Waals surface area contributed by atoms with Crippen molar-refractivity contribution < 1.29 is 14.3 Å². The van der Waals surface area contributed by atoms with E-state index in [2.05, 4.69) is 10.3 Å². The lowest BCUT2D eigenvalue weighted by molar-refractivity contribution is 0.0634. The summed E-state index contributed by atoms with van der Waals surface area (Å²) in [5.41, 5.74) is 1.94. The van der Waals surface area contributed by atoms with Crippen LogP contribution in [0.15, 0.2) is 24.3 Å². The largest absolute Gasteiger partial charge is 0.381 e. The molecule has 2 aliphatic rings. The van der Waals surface area contributed by atoms with Gasteiger partial charge in [0.05, 0.1) is 6.04 Å². The standard InChI is InChI=1S/C15H13N3O3/c19-14-11-4-2-1-3-10(11)12-13(15(14)20)18(17-16-12)9-5-7-21-8-6-9/h1-4,9H,5-8H2. The second kappa shape index (κ2) is 4.60. The summed E-state index contributed by atoms with van der Waals surface area (Å²) in [6, 6.07) is 7.11. The van der Waals surface area contributed by atoms with Crippen molar-refractivity contribution in [3.05, 3.63) is 35.5 Å². The number of rotatable bonds is 1. The van der Waals surface area contributed by atoms with Crippen LogP contribution in [0.1, 0.15) is 39.7 Å². The molecule has 1 aliphatic heterocycles. The van der Waals surface area contributed by atoms with Gasteiger partial charge in [-0.25, -0.2) is 4.68 Å². The fourth-order valence-electron chi connectivity index (χ4n) is 2.99. The van der Waals surface area contributed by atoms with Crippen molar-refractivity contribution in [1.29, 1.82) is 0 Å². The predicted octanol–water partition coefficient (Wildman–Crippen LogP) is 1.68. The molecule has 6 nitrogen and oxygen atoms in total. The Hall–Kier alpha value is -2.34. The van der Waals surface area contributed by atoms with Crippen LogP contribution in [-0.2, 0) is 4.74 Å². The molecule has 0 amide bonds. The van der Waals surface area contributed by atoms with Crippen LogP contribution in [0.5, 0.6) is 0 Å². The van der Waals surface area contributed by atoms with Crippen molar-refractivity contribution in [3.63, 3.8) is 0 Å². The van der Waals surface area contributed by atoms with Crippen LogP contribution < -0.4 is 0 Å². The summed E-state index contributed by atoms with van der Waals surface area (Å²) in [6.45, 7) is 1.27. The molecule has 6 heteroatoms. The second-order valence-corrected chi connectivity index (χ2v) is 5.28. The molecule has 0 radical (unpaired) electrons. The van der Waals surface area contributed by atoms with E-state index < -0.39 is 11.6 Å². The number of hydrogen-bond acceptors (Lipinski definition) is 5. The molecule has 0 bridgehead atoms. The van der Waals surface area contributed by atoms with Crippen LogP contribution in [0.4, 0.5) is 0 Å². The third-order valence-electron chi connectivity index (χ3n) is 4.08.